The standard InChI is InChI=1S/C24H35N3O5S/c1-5-7-11-31-27-16(3)22-26-24(4,15-33-22)23(29)25-19(8-6-2)20-12-18(13-21(28)32-20)30-14-17-9-10-17/h12-13,17,19H,5-11,14-15H2,1-4H3,(H,25,29)/b27-16+/t19-,24+/m1/s1. The zero-order valence-corrected chi connectivity index (χ0v) is 20.8. The fraction of sp³-hybridized carbons (Fsp3) is 0.667. The van der Waals surface area contributed by atoms with E-state index < -0.39 is 17.2 Å². The van der Waals surface area contributed by atoms with Crippen molar-refractivity contribution >= 4 is 28.4 Å². The number of hydrogen-bond acceptors (Lipinski definition) is 8. The summed E-state index contributed by atoms with van der Waals surface area (Å²) in [4.78, 5) is 35.3. The van der Waals surface area contributed by atoms with Gasteiger partial charge in [0.25, 0.3) is 0 Å². The van der Waals surface area contributed by atoms with E-state index in [-0.39, 0.29) is 5.91 Å². The van der Waals surface area contributed by atoms with Gasteiger partial charge in [-0.1, -0.05) is 31.8 Å². The maximum atomic E-state index is 13.2. The number of hydrogen-bond donors (Lipinski definition) is 1. The van der Waals surface area contributed by atoms with E-state index in [9.17, 15) is 9.59 Å². The van der Waals surface area contributed by atoms with E-state index in [4.69, 9.17) is 14.0 Å². The lowest BCUT2D eigenvalue weighted by atomic mass is 10.0. The Morgan fingerprint density at radius 1 is 1.36 bits per heavy atom. The smallest absolute Gasteiger partial charge is 0.339 e. The number of rotatable bonds is 13. The molecule has 8 nitrogen and oxygen atoms in total. The zero-order chi connectivity index (χ0) is 23.8. The molecule has 0 unspecified atom stereocenters. The second kappa shape index (κ2) is 11.7. The number of ether oxygens (including phenoxy) is 1. The van der Waals surface area contributed by atoms with Gasteiger partial charge < -0.3 is 19.3 Å². The van der Waals surface area contributed by atoms with Gasteiger partial charge in [-0.3, -0.25) is 9.79 Å². The van der Waals surface area contributed by atoms with Gasteiger partial charge in [-0.15, -0.1) is 11.8 Å². The van der Waals surface area contributed by atoms with Crippen LogP contribution < -0.4 is 15.7 Å². The monoisotopic (exact) mass is 477 g/mol. The number of aliphatic imine (C=N–C) groups is 1. The van der Waals surface area contributed by atoms with Gasteiger partial charge in [0.05, 0.1) is 18.7 Å². The predicted molar refractivity (Wildman–Crippen MR) is 131 cm³/mol. The molecule has 0 aromatic carbocycles. The zero-order valence-electron chi connectivity index (χ0n) is 20.0. The molecule has 1 fully saturated rings. The average Bonchev–Trinajstić information content (AvgIpc) is 3.53. The van der Waals surface area contributed by atoms with Crippen LogP contribution in [0.3, 0.4) is 0 Å². The summed E-state index contributed by atoms with van der Waals surface area (Å²) in [6.45, 7) is 8.92. The molecule has 1 saturated carbocycles. The molecule has 2 atom stereocenters. The summed E-state index contributed by atoms with van der Waals surface area (Å²) in [6, 6.07) is 2.63. The van der Waals surface area contributed by atoms with Crippen molar-refractivity contribution in [1.82, 2.24) is 5.32 Å². The van der Waals surface area contributed by atoms with Crippen molar-refractivity contribution in [3.8, 4) is 5.75 Å². The summed E-state index contributed by atoms with van der Waals surface area (Å²) in [5.74, 6) is 1.76. The molecule has 2 aliphatic rings. The van der Waals surface area contributed by atoms with Crippen LogP contribution in [-0.2, 0) is 9.63 Å². The largest absolute Gasteiger partial charge is 0.493 e. The van der Waals surface area contributed by atoms with E-state index >= 15 is 0 Å². The molecule has 1 amide bonds. The van der Waals surface area contributed by atoms with Crippen LogP contribution in [0.2, 0.25) is 0 Å². The van der Waals surface area contributed by atoms with Gasteiger partial charge in [-0.2, -0.15) is 0 Å². The van der Waals surface area contributed by atoms with E-state index in [0.717, 1.165) is 32.1 Å². The Morgan fingerprint density at radius 3 is 2.85 bits per heavy atom. The molecule has 0 saturated heterocycles. The molecule has 1 aromatic heterocycles. The minimum Gasteiger partial charge on any atom is -0.493 e. The third-order valence-electron chi connectivity index (χ3n) is 5.60. The Labute approximate surface area is 199 Å². The Balaban J connectivity index is 1.69. The van der Waals surface area contributed by atoms with Gasteiger partial charge in [0.2, 0.25) is 5.91 Å². The van der Waals surface area contributed by atoms with Crippen molar-refractivity contribution in [2.24, 2.45) is 16.1 Å². The molecular weight excluding hydrogens is 442 g/mol. The molecule has 1 N–H and O–H groups in total. The number of amides is 1. The maximum Gasteiger partial charge on any atom is 0.339 e. The average molecular weight is 478 g/mol. The summed E-state index contributed by atoms with van der Waals surface area (Å²) in [5.41, 5.74) is -0.747. The number of unbranched alkanes of at least 4 members (excludes halogenated alkanes) is 1. The molecule has 0 spiro atoms. The first-order chi connectivity index (χ1) is 15.8. The minimum absolute atomic E-state index is 0.213. The molecule has 2 heterocycles. The molecule has 3 rings (SSSR count). The third-order valence-corrected chi connectivity index (χ3v) is 6.97. The van der Waals surface area contributed by atoms with Crippen LogP contribution in [0.1, 0.15) is 78.0 Å². The lowest BCUT2D eigenvalue weighted by molar-refractivity contribution is -0.125. The highest BCUT2D eigenvalue weighted by molar-refractivity contribution is 8.16. The van der Waals surface area contributed by atoms with E-state index in [1.165, 1.54) is 17.8 Å². The molecule has 33 heavy (non-hydrogen) atoms. The van der Waals surface area contributed by atoms with Crippen LogP contribution in [0.25, 0.3) is 0 Å². The number of thioether (sulfide) groups is 1. The van der Waals surface area contributed by atoms with E-state index in [2.05, 4.69) is 22.4 Å². The topological polar surface area (TPSA) is 102 Å². The van der Waals surface area contributed by atoms with Crippen LogP contribution >= 0.6 is 11.8 Å². The molecule has 9 heteroatoms. The van der Waals surface area contributed by atoms with Gasteiger partial charge in [0, 0.05) is 11.8 Å². The summed E-state index contributed by atoms with van der Waals surface area (Å²) in [7, 11) is 0. The van der Waals surface area contributed by atoms with Crippen molar-refractivity contribution in [2.45, 2.75) is 77.8 Å². The maximum absolute atomic E-state index is 13.2. The van der Waals surface area contributed by atoms with E-state index in [0.29, 0.717) is 53.6 Å². The van der Waals surface area contributed by atoms with Gasteiger partial charge in [0.1, 0.15) is 34.4 Å². The quantitative estimate of drug-likeness (QED) is 0.255. The van der Waals surface area contributed by atoms with E-state index in [1.54, 1.807) is 6.07 Å². The van der Waals surface area contributed by atoms with Crippen LogP contribution in [0, 0.1) is 5.92 Å². The molecule has 1 aliphatic heterocycles. The summed E-state index contributed by atoms with van der Waals surface area (Å²) in [5, 5.41) is 7.89. The van der Waals surface area contributed by atoms with Crippen molar-refractivity contribution < 1.29 is 18.8 Å². The van der Waals surface area contributed by atoms with Gasteiger partial charge in [-0.05, 0) is 45.4 Å². The summed E-state index contributed by atoms with van der Waals surface area (Å²) < 4.78 is 11.2. The third kappa shape index (κ3) is 7.35. The minimum atomic E-state index is -0.938. The molecule has 1 aliphatic carbocycles. The molecule has 182 valence electrons. The molecule has 0 bridgehead atoms. The number of oxime groups is 1. The Kier molecular flexibility index (Phi) is 9.00. The Bertz CT molecular complexity index is 940. The Morgan fingerprint density at radius 2 is 2.15 bits per heavy atom. The highest BCUT2D eigenvalue weighted by Crippen LogP contribution is 2.32. The highest BCUT2D eigenvalue weighted by Gasteiger charge is 2.40. The number of nitrogens with one attached hydrogen (secondary N) is 1. The van der Waals surface area contributed by atoms with Crippen LogP contribution in [0.15, 0.2) is 31.5 Å². The van der Waals surface area contributed by atoms with E-state index in [1.807, 2.05) is 20.8 Å². The Hall–Kier alpha value is -2.29. The number of carbonyl (C=O) groups excluding carboxylic acids is 1. The molecule has 1 aromatic rings. The van der Waals surface area contributed by atoms with Crippen molar-refractivity contribution in [1.29, 1.82) is 0 Å². The lowest BCUT2D eigenvalue weighted by Crippen LogP contribution is -2.45. The summed E-state index contributed by atoms with van der Waals surface area (Å²) >= 11 is 1.49. The first kappa shape index (κ1) is 25.3. The normalized spacial score (nSPS) is 21.5. The second-order valence-electron chi connectivity index (χ2n) is 8.93. The van der Waals surface area contributed by atoms with Gasteiger partial charge in [-0.25, -0.2) is 4.79 Å². The molecule has 0 radical (unpaired) electrons. The van der Waals surface area contributed by atoms with Crippen molar-refractivity contribution in [3.63, 3.8) is 0 Å². The fourth-order valence-corrected chi connectivity index (χ4v) is 4.43. The van der Waals surface area contributed by atoms with Crippen LogP contribution in [-0.4, -0.2) is 41.2 Å². The van der Waals surface area contributed by atoms with Crippen LogP contribution in [0.5, 0.6) is 5.75 Å². The van der Waals surface area contributed by atoms with Gasteiger partial charge >= 0.3 is 5.63 Å². The van der Waals surface area contributed by atoms with Crippen molar-refractivity contribution in [2.75, 3.05) is 19.0 Å². The first-order valence-electron chi connectivity index (χ1n) is 11.8. The number of nitrogens with zero attached hydrogens (tertiary/aromatic N) is 2. The fourth-order valence-electron chi connectivity index (χ4n) is 3.30. The predicted octanol–water partition coefficient (Wildman–Crippen LogP) is 4.48. The van der Waals surface area contributed by atoms with Crippen LogP contribution in [0.4, 0.5) is 0 Å². The van der Waals surface area contributed by atoms with Gasteiger partial charge in [0.15, 0.2) is 0 Å². The SMILES string of the molecule is CCCCO/N=C(\C)C1=N[C@](C)(C(=O)N[C@H](CCC)c2cc(OCC3CC3)cc(=O)o2)CS1. The second-order valence-corrected chi connectivity index (χ2v) is 9.89. The summed E-state index contributed by atoms with van der Waals surface area (Å²) in [6.07, 6.45) is 5.75. The van der Waals surface area contributed by atoms with Crippen molar-refractivity contribution in [3.05, 3.63) is 28.3 Å². The lowest BCUT2D eigenvalue weighted by Gasteiger charge is -2.24. The first-order valence-corrected chi connectivity index (χ1v) is 12.8. The highest BCUT2D eigenvalue weighted by atomic mass is 32.2. The molecular formula is C24H35N3O5S. The number of carbonyl (C=O) groups is 1.